The van der Waals surface area contributed by atoms with E-state index in [1.807, 2.05) is 54.3 Å². The van der Waals surface area contributed by atoms with E-state index in [1.165, 1.54) is 0 Å². The summed E-state index contributed by atoms with van der Waals surface area (Å²) in [5, 5.41) is 6.45. The summed E-state index contributed by atoms with van der Waals surface area (Å²) < 4.78 is 6.18. The van der Waals surface area contributed by atoms with E-state index in [0.29, 0.717) is 19.7 Å². The van der Waals surface area contributed by atoms with Crippen LogP contribution in [-0.2, 0) is 4.74 Å². The Morgan fingerprint density at radius 1 is 1.22 bits per heavy atom. The number of carbonyl (C=O) groups excluding carboxylic acids is 1. The maximum absolute atomic E-state index is 12.5. The molecule has 2 N–H and O–H groups in total. The molecule has 2 amide bonds. The first-order valence-electron chi connectivity index (χ1n) is 9.56. The topological polar surface area (TPSA) is 66.5 Å². The van der Waals surface area contributed by atoms with Crippen LogP contribution in [0.1, 0.15) is 24.8 Å². The lowest BCUT2D eigenvalue weighted by Crippen LogP contribution is -2.48. The molecule has 1 atom stereocenters. The molecule has 3 heterocycles. The van der Waals surface area contributed by atoms with Crippen LogP contribution in [0, 0.1) is 6.92 Å². The van der Waals surface area contributed by atoms with Crippen molar-refractivity contribution in [1.82, 2.24) is 9.88 Å². The van der Waals surface area contributed by atoms with Crippen molar-refractivity contribution in [2.24, 2.45) is 0 Å². The second kappa shape index (κ2) is 7.56. The summed E-state index contributed by atoms with van der Waals surface area (Å²) in [7, 11) is 0. The van der Waals surface area contributed by atoms with Crippen LogP contribution in [0.4, 0.5) is 16.3 Å². The zero-order valence-corrected chi connectivity index (χ0v) is 15.6. The lowest BCUT2D eigenvalue weighted by molar-refractivity contribution is -0.0354. The molecule has 0 bridgehead atoms. The third-order valence-corrected chi connectivity index (χ3v) is 5.46. The van der Waals surface area contributed by atoms with Crippen molar-refractivity contribution in [2.75, 3.05) is 30.3 Å². The van der Waals surface area contributed by atoms with Gasteiger partial charge in [0.05, 0.1) is 18.2 Å². The lowest BCUT2D eigenvalue weighted by Gasteiger charge is -2.38. The molecule has 4 rings (SSSR count). The highest BCUT2D eigenvalue weighted by molar-refractivity contribution is 5.89. The number of amides is 2. The van der Waals surface area contributed by atoms with Crippen LogP contribution in [0.5, 0.6) is 0 Å². The van der Waals surface area contributed by atoms with Crippen molar-refractivity contribution in [3.8, 4) is 0 Å². The summed E-state index contributed by atoms with van der Waals surface area (Å²) in [5.74, 6) is 0.887. The molecule has 2 aromatic rings. The minimum atomic E-state index is -0.118. The molecular formula is C21H26N4O2. The molecule has 2 saturated heterocycles. The summed E-state index contributed by atoms with van der Waals surface area (Å²) in [6.07, 6.45) is 4.49. The number of aryl methyl sites for hydroxylation is 1. The van der Waals surface area contributed by atoms with Gasteiger partial charge in [0, 0.05) is 25.0 Å². The van der Waals surface area contributed by atoms with Crippen molar-refractivity contribution >= 4 is 17.5 Å². The predicted octanol–water partition coefficient (Wildman–Crippen LogP) is 3.66. The first-order chi connectivity index (χ1) is 13.1. The Kier molecular flexibility index (Phi) is 4.99. The minimum Gasteiger partial charge on any atom is -0.373 e. The third kappa shape index (κ3) is 4.22. The number of pyridine rings is 1. The molecule has 1 aromatic heterocycles. The number of piperidine rings is 1. The van der Waals surface area contributed by atoms with Gasteiger partial charge in [-0.3, -0.25) is 0 Å². The first-order valence-corrected chi connectivity index (χ1v) is 9.56. The third-order valence-electron chi connectivity index (χ3n) is 5.46. The van der Waals surface area contributed by atoms with Gasteiger partial charge in [0.15, 0.2) is 0 Å². The molecule has 2 aliphatic rings. The van der Waals surface area contributed by atoms with Gasteiger partial charge in [-0.15, -0.1) is 0 Å². The first kappa shape index (κ1) is 17.8. The number of carbonyl (C=O) groups is 1. The van der Waals surface area contributed by atoms with Crippen molar-refractivity contribution in [3.63, 3.8) is 0 Å². The number of hydrogen-bond donors (Lipinski definition) is 2. The number of benzene rings is 1. The molecule has 142 valence electrons. The summed E-state index contributed by atoms with van der Waals surface area (Å²) in [6, 6.07) is 14.0. The van der Waals surface area contributed by atoms with Gasteiger partial charge in [-0.25, -0.2) is 9.78 Å². The van der Waals surface area contributed by atoms with Gasteiger partial charge >= 0.3 is 6.03 Å². The normalized spacial score (nSPS) is 21.2. The van der Waals surface area contributed by atoms with E-state index >= 15 is 0 Å². The van der Waals surface area contributed by atoms with Gasteiger partial charge in [-0.2, -0.15) is 0 Å². The van der Waals surface area contributed by atoms with E-state index in [1.54, 1.807) is 6.20 Å². The molecule has 1 spiro atoms. The molecule has 1 unspecified atom stereocenters. The zero-order chi connectivity index (χ0) is 18.7. The number of rotatable bonds is 3. The number of nitrogens with zero attached hydrogens (tertiary/aromatic N) is 2. The Bertz CT molecular complexity index is 788. The van der Waals surface area contributed by atoms with E-state index in [9.17, 15) is 4.79 Å². The standard InChI is InChI=1S/C21H26N4O2/c1-16-5-4-6-17(13-16)24-20(26)25-11-8-21(9-12-25)14-18(15-27-21)23-19-7-2-3-10-22-19/h2-7,10,13,18H,8-9,11-12,14-15H2,1H3,(H,22,23)(H,24,26). The summed E-state index contributed by atoms with van der Waals surface area (Å²) in [5.41, 5.74) is 1.86. The highest BCUT2D eigenvalue weighted by atomic mass is 16.5. The quantitative estimate of drug-likeness (QED) is 0.870. The monoisotopic (exact) mass is 366 g/mol. The van der Waals surface area contributed by atoms with Crippen molar-refractivity contribution < 1.29 is 9.53 Å². The van der Waals surface area contributed by atoms with E-state index in [-0.39, 0.29) is 17.7 Å². The number of likely N-dealkylation sites (tertiary alicyclic amines) is 1. The summed E-state index contributed by atoms with van der Waals surface area (Å²) >= 11 is 0. The highest BCUT2D eigenvalue weighted by Crippen LogP contribution is 2.36. The van der Waals surface area contributed by atoms with Gasteiger partial charge in [0.2, 0.25) is 0 Å². The van der Waals surface area contributed by atoms with Gasteiger partial charge < -0.3 is 20.3 Å². The fourth-order valence-electron chi connectivity index (χ4n) is 3.99. The number of nitrogens with one attached hydrogen (secondary N) is 2. The summed E-state index contributed by atoms with van der Waals surface area (Å²) in [6.45, 7) is 4.14. The molecule has 6 heteroatoms. The molecule has 2 fully saturated rings. The lowest BCUT2D eigenvalue weighted by atomic mass is 9.87. The Labute approximate surface area is 159 Å². The number of hydrogen-bond acceptors (Lipinski definition) is 4. The number of urea groups is 1. The Morgan fingerprint density at radius 2 is 2.07 bits per heavy atom. The maximum Gasteiger partial charge on any atom is 0.321 e. The molecule has 27 heavy (non-hydrogen) atoms. The fraction of sp³-hybridized carbons (Fsp3) is 0.429. The van der Waals surface area contributed by atoms with E-state index in [4.69, 9.17) is 4.74 Å². The van der Waals surface area contributed by atoms with E-state index in [0.717, 1.165) is 36.3 Å². The van der Waals surface area contributed by atoms with Gasteiger partial charge in [0.25, 0.3) is 0 Å². The minimum absolute atomic E-state index is 0.0309. The maximum atomic E-state index is 12.5. The van der Waals surface area contributed by atoms with Crippen LogP contribution < -0.4 is 10.6 Å². The van der Waals surface area contributed by atoms with E-state index < -0.39 is 0 Å². The molecule has 0 saturated carbocycles. The van der Waals surface area contributed by atoms with Gasteiger partial charge in [-0.05, 0) is 56.0 Å². The van der Waals surface area contributed by atoms with Crippen LogP contribution in [0.15, 0.2) is 48.7 Å². The second-order valence-corrected chi connectivity index (χ2v) is 7.54. The molecule has 6 nitrogen and oxygen atoms in total. The Hall–Kier alpha value is -2.60. The van der Waals surface area contributed by atoms with Crippen molar-refractivity contribution in [3.05, 3.63) is 54.2 Å². The molecule has 0 radical (unpaired) electrons. The summed E-state index contributed by atoms with van der Waals surface area (Å²) in [4.78, 5) is 18.8. The molecule has 0 aliphatic carbocycles. The predicted molar refractivity (Wildman–Crippen MR) is 106 cm³/mol. The average Bonchev–Trinajstić information content (AvgIpc) is 3.05. The van der Waals surface area contributed by atoms with Crippen LogP contribution in [-0.4, -0.2) is 47.3 Å². The van der Waals surface area contributed by atoms with Crippen LogP contribution in [0.2, 0.25) is 0 Å². The zero-order valence-electron chi connectivity index (χ0n) is 15.6. The number of aromatic nitrogens is 1. The van der Waals surface area contributed by atoms with Gasteiger partial charge in [-0.1, -0.05) is 18.2 Å². The smallest absolute Gasteiger partial charge is 0.321 e. The Balaban J connectivity index is 1.29. The van der Waals surface area contributed by atoms with Gasteiger partial charge in [0.1, 0.15) is 5.82 Å². The molecular weight excluding hydrogens is 340 g/mol. The molecule has 2 aliphatic heterocycles. The number of ether oxygens (including phenoxy) is 1. The fourth-order valence-corrected chi connectivity index (χ4v) is 3.99. The van der Waals surface area contributed by atoms with Crippen LogP contribution in [0.25, 0.3) is 0 Å². The SMILES string of the molecule is Cc1cccc(NC(=O)N2CCC3(CC2)CC(Nc2ccccn2)CO3)c1. The van der Waals surface area contributed by atoms with E-state index in [2.05, 4.69) is 15.6 Å². The largest absolute Gasteiger partial charge is 0.373 e. The number of anilines is 2. The highest BCUT2D eigenvalue weighted by Gasteiger charge is 2.43. The molecule has 1 aromatic carbocycles. The average molecular weight is 366 g/mol. The van der Waals surface area contributed by atoms with Crippen LogP contribution >= 0.6 is 0 Å². The van der Waals surface area contributed by atoms with Crippen LogP contribution in [0.3, 0.4) is 0 Å². The van der Waals surface area contributed by atoms with Crippen molar-refractivity contribution in [1.29, 1.82) is 0 Å². The van der Waals surface area contributed by atoms with Crippen molar-refractivity contribution in [2.45, 2.75) is 37.8 Å². The second-order valence-electron chi connectivity index (χ2n) is 7.54. The Morgan fingerprint density at radius 3 is 2.81 bits per heavy atom.